The number of carbonyl (C=O) groups excluding carboxylic acids is 2. The maximum absolute atomic E-state index is 13.5. The van der Waals surface area contributed by atoms with E-state index in [4.69, 9.17) is 4.98 Å². The lowest BCUT2D eigenvalue weighted by Gasteiger charge is -2.39. The third-order valence-corrected chi connectivity index (χ3v) is 12.0. The zero-order valence-corrected chi connectivity index (χ0v) is 33.0. The molecule has 0 bridgehead atoms. The third kappa shape index (κ3) is 6.89. The van der Waals surface area contributed by atoms with E-state index in [2.05, 4.69) is 67.9 Å². The van der Waals surface area contributed by atoms with Gasteiger partial charge in [-0.2, -0.15) is 5.26 Å². The van der Waals surface area contributed by atoms with Crippen LogP contribution < -0.4 is 21.2 Å². The normalized spacial score (nSPS) is 20.5. The molecular weight excluding hydrogens is 735 g/mol. The molecule has 2 saturated heterocycles. The SMILES string of the molecule is CC(C)Nc1cc(-n2ccc3cc(C#N)cnc32)ncc1-c1cn(C2CCC(CN3CCN(c4cccc5c4n(C)c(=O)n5C4CCC(=O)NC4=O)CC3)CC2)nn1. The fraction of sp³-hybridized carbons (Fsp3) is 0.429. The molecule has 7 heterocycles. The molecule has 16 nitrogen and oxygen atoms in total. The Balaban J connectivity index is 0.825. The van der Waals surface area contributed by atoms with E-state index in [0.29, 0.717) is 23.9 Å². The number of hydrogen-bond acceptors (Lipinski definition) is 11. The zero-order valence-electron chi connectivity index (χ0n) is 33.0. The number of imidazole rings is 1. The molecule has 16 heteroatoms. The molecule has 1 aromatic carbocycles. The van der Waals surface area contributed by atoms with Gasteiger partial charge in [0.2, 0.25) is 11.8 Å². The van der Waals surface area contributed by atoms with Crippen LogP contribution in [-0.2, 0) is 16.6 Å². The van der Waals surface area contributed by atoms with Crippen molar-refractivity contribution < 1.29 is 9.59 Å². The molecule has 5 aromatic heterocycles. The number of nitriles is 1. The van der Waals surface area contributed by atoms with E-state index in [1.54, 1.807) is 22.4 Å². The van der Waals surface area contributed by atoms with Crippen molar-refractivity contribution in [3.63, 3.8) is 0 Å². The highest BCUT2D eigenvalue weighted by Crippen LogP contribution is 2.36. The van der Waals surface area contributed by atoms with E-state index >= 15 is 0 Å². The van der Waals surface area contributed by atoms with Crippen molar-refractivity contribution in [1.29, 1.82) is 5.26 Å². The summed E-state index contributed by atoms with van der Waals surface area (Å²) in [5.41, 5.74) is 6.13. The van der Waals surface area contributed by atoms with Crippen LogP contribution >= 0.6 is 0 Å². The van der Waals surface area contributed by atoms with E-state index < -0.39 is 11.9 Å². The summed E-state index contributed by atoms with van der Waals surface area (Å²) in [6, 6.07) is 13.6. The van der Waals surface area contributed by atoms with Crippen LogP contribution in [0.1, 0.15) is 70.0 Å². The monoisotopic (exact) mass is 781 g/mol. The number of benzene rings is 1. The summed E-state index contributed by atoms with van der Waals surface area (Å²) in [4.78, 5) is 52.2. The molecule has 0 radical (unpaired) electrons. The molecule has 2 aliphatic heterocycles. The van der Waals surface area contributed by atoms with E-state index in [1.165, 1.54) is 0 Å². The number of fused-ring (bicyclic) bond motifs is 2. The van der Waals surface area contributed by atoms with Gasteiger partial charge < -0.3 is 10.2 Å². The Bertz CT molecular complexity index is 2630. The highest BCUT2D eigenvalue weighted by Gasteiger charge is 2.33. The minimum absolute atomic E-state index is 0.185. The van der Waals surface area contributed by atoms with Crippen LogP contribution in [-0.4, -0.2) is 94.1 Å². The Morgan fingerprint density at radius 2 is 1.79 bits per heavy atom. The lowest BCUT2D eigenvalue weighted by molar-refractivity contribution is -0.135. The quantitative estimate of drug-likeness (QED) is 0.197. The number of piperazine rings is 1. The molecule has 298 valence electrons. The number of anilines is 2. The van der Waals surface area contributed by atoms with Crippen LogP contribution in [0, 0.1) is 17.2 Å². The molecule has 1 saturated carbocycles. The molecule has 1 aliphatic carbocycles. The first kappa shape index (κ1) is 37.2. The predicted molar refractivity (Wildman–Crippen MR) is 220 cm³/mol. The molecule has 2 N–H and O–H groups in total. The summed E-state index contributed by atoms with van der Waals surface area (Å²) < 4.78 is 7.16. The molecule has 3 fully saturated rings. The van der Waals surface area contributed by atoms with Gasteiger partial charge >= 0.3 is 5.69 Å². The average Bonchev–Trinajstić information content (AvgIpc) is 3.95. The van der Waals surface area contributed by atoms with Gasteiger partial charge in [0.15, 0.2) is 0 Å². The van der Waals surface area contributed by atoms with Gasteiger partial charge in [-0.3, -0.25) is 33.5 Å². The van der Waals surface area contributed by atoms with Gasteiger partial charge in [0.1, 0.15) is 29.3 Å². The van der Waals surface area contributed by atoms with Gasteiger partial charge in [0, 0.05) is 93.5 Å². The first-order chi connectivity index (χ1) is 28.1. The number of aromatic nitrogens is 8. The highest BCUT2D eigenvalue weighted by atomic mass is 16.2. The second-order valence-electron chi connectivity index (χ2n) is 16.2. The molecule has 0 spiro atoms. The summed E-state index contributed by atoms with van der Waals surface area (Å²) in [5.74, 6) is 0.617. The molecule has 6 aromatic rings. The maximum Gasteiger partial charge on any atom is 0.329 e. The molecule has 58 heavy (non-hydrogen) atoms. The van der Waals surface area contributed by atoms with Crippen LogP contribution in [0.15, 0.2) is 66.0 Å². The number of nitrogens with one attached hydrogen (secondary N) is 2. The zero-order chi connectivity index (χ0) is 40.1. The summed E-state index contributed by atoms with van der Waals surface area (Å²) in [7, 11) is 1.76. The molecule has 9 rings (SSSR count). The number of imide groups is 1. The molecular formula is C42H47N13O3. The van der Waals surface area contributed by atoms with Gasteiger partial charge in [0.25, 0.3) is 0 Å². The minimum atomic E-state index is -0.699. The number of aryl methyl sites for hydroxylation is 1. The standard InChI is InChI=1S/C42H47N13O3/c1-26(2)46-32-20-37(53-14-13-29-19-28(21-43)22-45-40(29)53)44-23-31(32)33-25-54(49-48-33)30-9-7-27(8-10-30)24-51-15-17-52(18-16-51)34-5-4-6-35-39(34)50(3)42(58)55(35)36-11-12-38(56)47-41(36)57/h4-6,13-14,19-20,22-23,25-27,30,36H,7-12,15-18,24H2,1-3H3,(H,44,46)(H,47,56,57). The predicted octanol–water partition coefficient (Wildman–Crippen LogP) is 4.56. The second kappa shape index (κ2) is 15.2. The summed E-state index contributed by atoms with van der Waals surface area (Å²) >= 11 is 0. The minimum Gasteiger partial charge on any atom is -0.382 e. The third-order valence-electron chi connectivity index (χ3n) is 12.0. The molecule has 1 atom stereocenters. The van der Waals surface area contributed by atoms with Gasteiger partial charge in [-0.1, -0.05) is 11.3 Å². The van der Waals surface area contributed by atoms with E-state index in [1.807, 2.05) is 52.0 Å². The maximum atomic E-state index is 13.5. The van der Waals surface area contributed by atoms with Crippen LogP contribution in [0.2, 0.25) is 0 Å². The summed E-state index contributed by atoms with van der Waals surface area (Å²) in [5, 5.41) is 25.4. The van der Waals surface area contributed by atoms with Crippen molar-refractivity contribution in [2.45, 2.75) is 70.5 Å². The molecule has 1 unspecified atom stereocenters. The Morgan fingerprint density at radius 3 is 2.55 bits per heavy atom. The first-order valence-corrected chi connectivity index (χ1v) is 20.2. The molecule has 2 amide bonds. The largest absolute Gasteiger partial charge is 0.382 e. The number of pyridine rings is 2. The van der Waals surface area contributed by atoms with Gasteiger partial charge in [-0.15, -0.1) is 5.10 Å². The lowest BCUT2D eigenvalue weighted by Crippen LogP contribution is -2.48. The Hall–Kier alpha value is -6.34. The van der Waals surface area contributed by atoms with E-state index in [-0.39, 0.29) is 24.1 Å². The average molecular weight is 782 g/mol. The molecule has 3 aliphatic rings. The summed E-state index contributed by atoms with van der Waals surface area (Å²) in [6.07, 6.45) is 12.3. The van der Waals surface area contributed by atoms with Crippen molar-refractivity contribution in [3.8, 4) is 23.1 Å². The van der Waals surface area contributed by atoms with Crippen molar-refractivity contribution >= 4 is 45.3 Å². The number of hydrogen-bond donors (Lipinski definition) is 2. The number of amides is 2. The van der Waals surface area contributed by atoms with Gasteiger partial charge in [-0.25, -0.2) is 19.4 Å². The van der Waals surface area contributed by atoms with Gasteiger partial charge in [0.05, 0.1) is 34.5 Å². The number of nitrogens with zero attached hydrogens (tertiary/aromatic N) is 11. The van der Waals surface area contributed by atoms with Crippen molar-refractivity contribution in [1.82, 2.24) is 48.9 Å². The van der Waals surface area contributed by atoms with Crippen LogP contribution in [0.4, 0.5) is 11.4 Å². The smallest absolute Gasteiger partial charge is 0.329 e. The van der Waals surface area contributed by atoms with E-state index in [9.17, 15) is 19.6 Å². The number of carbonyl (C=O) groups is 2. The van der Waals surface area contributed by atoms with Crippen LogP contribution in [0.25, 0.3) is 39.1 Å². The fourth-order valence-electron chi connectivity index (χ4n) is 9.09. The van der Waals surface area contributed by atoms with Crippen molar-refractivity contribution in [2.75, 3.05) is 42.9 Å². The van der Waals surface area contributed by atoms with E-state index in [0.717, 1.165) is 109 Å². The number of piperidine rings is 1. The Labute approximate surface area is 335 Å². The first-order valence-electron chi connectivity index (χ1n) is 20.2. The van der Waals surface area contributed by atoms with Crippen molar-refractivity contribution in [3.05, 3.63) is 77.2 Å². The van der Waals surface area contributed by atoms with Gasteiger partial charge in [-0.05, 0) is 76.1 Å². The van der Waals surface area contributed by atoms with Crippen LogP contribution in [0.5, 0.6) is 0 Å². The topological polar surface area (TPSA) is 177 Å². The number of rotatable bonds is 9. The Morgan fingerprint density at radius 1 is 0.983 bits per heavy atom. The summed E-state index contributed by atoms with van der Waals surface area (Å²) in [6.45, 7) is 8.83. The highest BCUT2D eigenvalue weighted by molar-refractivity contribution is 6.00. The van der Waals surface area contributed by atoms with Crippen molar-refractivity contribution in [2.24, 2.45) is 13.0 Å². The fourth-order valence-corrected chi connectivity index (χ4v) is 9.09. The second-order valence-corrected chi connectivity index (χ2v) is 16.2. The number of para-hydroxylation sites is 1. The van der Waals surface area contributed by atoms with Crippen LogP contribution in [0.3, 0.4) is 0 Å². The Kier molecular flexibility index (Phi) is 9.76. The lowest BCUT2D eigenvalue weighted by atomic mass is 9.85.